The van der Waals surface area contributed by atoms with Gasteiger partial charge in [-0.15, -0.1) is 0 Å². The van der Waals surface area contributed by atoms with Crippen molar-refractivity contribution in [3.05, 3.63) is 23.8 Å². The van der Waals surface area contributed by atoms with Gasteiger partial charge in [-0.25, -0.2) is 8.78 Å². The van der Waals surface area contributed by atoms with Crippen molar-refractivity contribution in [2.75, 3.05) is 6.61 Å². The normalized spacial score (nSPS) is 40.8. The summed E-state index contributed by atoms with van der Waals surface area (Å²) in [7, 11) is 0. The molecule has 1 saturated heterocycles. The quantitative estimate of drug-likeness (QED) is 0.336. The van der Waals surface area contributed by atoms with E-state index < -0.39 is 82.9 Å². The monoisotopic (exact) mass is 595 g/mol. The van der Waals surface area contributed by atoms with Gasteiger partial charge in [0.05, 0.1) is 12.2 Å². The van der Waals surface area contributed by atoms with Crippen molar-refractivity contribution in [2.45, 2.75) is 128 Å². The van der Waals surface area contributed by atoms with Crippen molar-refractivity contribution in [1.29, 1.82) is 0 Å². The first kappa shape index (κ1) is 32.9. The molecule has 3 fully saturated rings. The van der Waals surface area contributed by atoms with Gasteiger partial charge in [0, 0.05) is 10.8 Å². The van der Waals surface area contributed by atoms with Crippen LogP contribution in [0.5, 0.6) is 0 Å². The van der Waals surface area contributed by atoms with E-state index in [2.05, 4.69) is 0 Å². The van der Waals surface area contributed by atoms with Crippen LogP contribution in [0.2, 0.25) is 0 Å². The van der Waals surface area contributed by atoms with Gasteiger partial charge in [0.25, 0.3) is 0 Å². The Kier molecular flexibility index (Phi) is 9.26. The van der Waals surface area contributed by atoms with E-state index in [-0.39, 0.29) is 37.2 Å². The molecule has 8 nitrogen and oxygen atoms in total. The number of carbonyl (C=O) groups excluding carboxylic acids is 3. The number of nitrogens with two attached hydrogens (primary N) is 1. The Hall–Kier alpha value is -2.01. The van der Waals surface area contributed by atoms with Crippen LogP contribution in [-0.2, 0) is 28.6 Å². The highest BCUT2D eigenvalue weighted by Crippen LogP contribution is 2.67. The molecular formula is C32H47F2NO7. The SMILES string of the molecule is CCCC1O[C@@H]2C[C@H]3C[C@@](F)([C@@]4(C)C=CC(=O)C=C4[C@@H](F)CC)[C@@H](O)C[C@]3(C)[C@]2(C(=O)COC(=O)[C@@H](N)CC(C)C)O1. The van der Waals surface area contributed by atoms with Crippen LogP contribution in [0, 0.1) is 22.7 Å². The Morgan fingerprint density at radius 1 is 1.24 bits per heavy atom. The predicted octanol–water partition coefficient (Wildman–Crippen LogP) is 4.46. The fourth-order valence-corrected chi connectivity index (χ4v) is 7.97. The highest BCUT2D eigenvalue weighted by atomic mass is 19.1. The van der Waals surface area contributed by atoms with Crippen LogP contribution in [0.4, 0.5) is 8.78 Å². The van der Waals surface area contributed by atoms with Gasteiger partial charge in [-0.05, 0) is 75.0 Å². The van der Waals surface area contributed by atoms with Gasteiger partial charge >= 0.3 is 5.97 Å². The lowest BCUT2D eigenvalue weighted by Crippen LogP contribution is -2.65. The molecule has 10 heteroatoms. The number of aliphatic hydroxyl groups excluding tert-OH is 1. The summed E-state index contributed by atoms with van der Waals surface area (Å²) in [4.78, 5) is 38.8. The van der Waals surface area contributed by atoms with Gasteiger partial charge in [0.1, 0.15) is 17.9 Å². The molecular weight excluding hydrogens is 548 g/mol. The second kappa shape index (κ2) is 11.8. The molecule has 236 valence electrons. The highest BCUT2D eigenvalue weighted by molar-refractivity contribution is 6.01. The summed E-state index contributed by atoms with van der Waals surface area (Å²) >= 11 is 0. The number of rotatable bonds is 11. The summed E-state index contributed by atoms with van der Waals surface area (Å²) in [5.41, 5.74) is -0.597. The van der Waals surface area contributed by atoms with Crippen LogP contribution >= 0.6 is 0 Å². The first-order valence-corrected chi connectivity index (χ1v) is 15.3. The molecule has 0 bridgehead atoms. The summed E-state index contributed by atoms with van der Waals surface area (Å²) in [5.74, 6) is -1.97. The van der Waals surface area contributed by atoms with Crippen molar-refractivity contribution >= 4 is 17.5 Å². The summed E-state index contributed by atoms with van der Waals surface area (Å²) in [6, 6.07) is -0.879. The Bertz CT molecular complexity index is 1140. The van der Waals surface area contributed by atoms with E-state index in [1.54, 1.807) is 13.8 Å². The lowest BCUT2D eigenvalue weighted by molar-refractivity contribution is -0.205. The van der Waals surface area contributed by atoms with Gasteiger partial charge in [0.15, 0.2) is 24.3 Å². The standard InChI is InChI=1S/C32H47F2NO7/c1-7-9-27-41-26-13-19-15-31(34,29(5)11-10-20(36)14-21(29)22(33)8-2)24(37)16-30(19,6)32(26,42-27)25(38)17-40-28(39)23(35)12-18(3)4/h10-11,14,18-19,22-24,26-27,37H,7-9,12-13,15-17,35H2,1-6H3/t19-,22-,23-,24-,26+,27?,29-,30-,31-,32+/m0/s1. The minimum absolute atomic E-state index is 0.00629. The minimum Gasteiger partial charge on any atom is -0.456 e. The fraction of sp³-hybridized carbons (Fsp3) is 0.781. The van der Waals surface area contributed by atoms with E-state index in [9.17, 15) is 19.5 Å². The van der Waals surface area contributed by atoms with Gasteiger partial charge in [-0.2, -0.15) is 0 Å². The van der Waals surface area contributed by atoms with Crippen molar-refractivity contribution in [2.24, 2.45) is 28.4 Å². The third-order valence-electron chi connectivity index (χ3n) is 10.4. The molecule has 0 aromatic rings. The lowest BCUT2D eigenvalue weighted by Gasteiger charge is -2.56. The van der Waals surface area contributed by atoms with Crippen molar-refractivity contribution in [3.63, 3.8) is 0 Å². The number of alkyl halides is 2. The molecule has 1 aliphatic heterocycles. The summed E-state index contributed by atoms with van der Waals surface area (Å²) < 4.78 is 50.6. The molecule has 1 heterocycles. The molecule has 2 saturated carbocycles. The highest BCUT2D eigenvalue weighted by Gasteiger charge is 2.76. The van der Waals surface area contributed by atoms with E-state index in [4.69, 9.17) is 19.9 Å². The average Bonchev–Trinajstić information content (AvgIpc) is 3.39. The second-order valence-corrected chi connectivity index (χ2v) is 13.5. The molecule has 3 aliphatic carbocycles. The number of halogens is 2. The number of ether oxygens (including phenoxy) is 3. The Balaban J connectivity index is 1.67. The van der Waals surface area contributed by atoms with Crippen LogP contribution in [0.15, 0.2) is 23.8 Å². The molecule has 0 amide bonds. The Labute approximate surface area is 247 Å². The van der Waals surface area contributed by atoms with Crippen LogP contribution in [0.3, 0.4) is 0 Å². The molecule has 4 aliphatic rings. The zero-order chi connectivity index (χ0) is 31.3. The molecule has 1 unspecified atom stereocenters. The predicted molar refractivity (Wildman–Crippen MR) is 152 cm³/mol. The minimum atomic E-state index is -2.33. The van der Waals surface area contributed by atoms with Gasteiger partial charge in [-0.1, -0.05) is 47.1 Å². The number of fused-ring (bicyclic) bond motifs is 3. The third-order valence-corrected chi connectivity index (χ3v) is 10.4. The Morgan fingerprint density at radius 2 is 1.93 bits per heavy atom. The van der Waals surface area contributed by atoms with Crippen LogP contribution in [-0.4, -0.2) is 71.2 Å². The van der Waals surface area contributed by atoms with Gasteiger partial charge in [0.2, 0.25) is 5.78 Å². The molecule has 42 heavy (non-hydrogen) atoms. The third kappa shape index (κ3) is 5.10. The van der Waals surface area contributed by atoms with E-state index in [0.29, 0.717) is 12.8 Å². The molecule has 0 aromatic heterocycles. The smallest absolute Gasteiger partial charge is 0.323 e. The zero-order valence-corrected chi connectivity index (χ0v) is 25.7. The van der Waals surface area contributed by atoms with Crippen LogP contribution < -0.4 is 5.73 Å². The summed E-state index contributed by atoms with van der Waals surface area (Å²) in [5, 5.41) is 11.6. The molecule has 4 rings (SSSR count). The largest absolute Gasteiger partial charge is 0.456 e. The van der Waals surface area contributed by atoms with E-state index in [1.807, 2.05) is 20.8 Å². The number of Topliss-reactive ketones (excluding diaryl/α,β-unsaturated/α-hetero) is 1. The number of esters is 1. The van der Waals surface area contributed by atoms with E-state index in [1.165, 1.54) is 19.1 Å². The van der Waals surface area contributed by atoms with Crippen molar-refractivity contribution in [1.82, 2.24) is 0 Å². The second-order valence-electron chi connectivity index (χ2n) is 13.5. The van der Waals surface area contributed by atoms with Crippen LogP contribution in [0.1, 0.15) is 86.5 Å². The number of allylic oxidation sites excluding steroid dienone is 4. The molecule has 0 radical (unpaired) electrons. The average molecular weight is 596 g/mol. The number of hydrogen-bond acceptors (Lipinski definition) is 8. The summed E-state index contributed by atoms with van der Waals surface area (Å²) in [6.45, 7) is 10.2. The van der Waals surface area contributed by atoms with Gasteiger partial charge in [-0.3, -0.25) is 14.4 Å². The number of aliphatic hydroxyl groups is 1. The topological polar surface area (TPSA) is 125 Å². The molecule has 3 N–H and O–H groups in total. The lowest BCUT2D eigenvalue weighted by atomic mass is 9.51. The molecule has 0 aromatic carbocycles. The first-order chi connectivity index (χ1) is 19.6. The molecule has 0 spiro atoms. The maximum atomic E-state index is 17.4. The van der Waals surface area contributed by atoms with E-state index >= 15 is 8.78 Å². The van der Waals surface area contributed by atoms with Crippen molar-refractivity contribution in [3.8, 4) is 0 Å². The summed E-state index contributed by atoms with van der Waals surface area (Å²) in [6.07, 6.45) is 0.745. The maximum absolute atomic E-state index is 17.4. The van der Waals surface area contributed by atoms with Gasteiger partial charge < -0.3 is 25.1 Å². The zero-order valence-electron chi connectivity index (χ0n) is 25.7. The number of carbonyl (C=O) groups is 3. The van der Waals surface area contributed by atoms with Crippen LogP contribution in [0.25, 0.3) is 0 Å². The van der Waals surface area contributed by atoms with Crippen molar-refractivity contribution < 1.29 is 42.5 Å². The fourth-order valence-electron chi connectivity index (χ4n) is 7.97. The molecule has 10 atom stereocenters. The number of hydrogen-bond donors (Lipinski definition) is 2. The number of ketones is 2. The maximum Gasteiger partial charge on any atom is 0.323 e. The first-order valence-electron chi connectivity index (χ1n) is 15.3. The Morgan fingerprint density at radius 3 is 2.55 bits per heavy atom. The van der Waals surface area contributed by atoms with E-state index in [0.717, 1.165) is 12.5 Å².